The van der Waals surface area contributed by atoms with Crippen molar-refractivity contribution in [3.8, 4) is 0 Å². The Morgan fingerprint density at radius 2 is 1.80 bits per heavy atom. The monoisotopic (exact) mass is 280 g/mol. The molecular weight excluding hydrogens is 244 g/mol. The van der Waals surface area contributed by atoms with Crippen LogP contribution >= 0.6 is 0 Å². The zero-order valence-corrected chi connectivity index (χ0v) is 14.3. The molecule has 2 atom stereocenters. The highest BCUT2D eigenvalue weighted by atomic mass is 15.2. The van der Waals surface area contributed by atoms with Gasteiger partial charge in [-0.1, -0.05) is 26.2 Å². The molecule has 0 spiro atoms. The van der Waals surface area contributed by atoms with Gasteiger partial charge in [-0.2, -0.15) is 0 Å². The second kappa shape index (κ2) is 7.26. The predicted octanol–water partition coefficient (Wildman–Crippen LogP) is 4.06. The summed E-state index contributed by atoms with van der Waals surface area (Å²) in [5.41, 5.74) is 0.265. The summed E-state index contributed by atoms with van der Waals surface area (Å²) < 4.78 is 0. The molecule has 2 nitrogen and oxygen atoms in total. The Labute approximate surface area is 126 Å². The van der Waals surface area contributed by atoms with Crippen LogP contribution in [-0.4, -0.2) is 36.1 Å². The number of rotatable bonds is 5. The Bertz CT molecular complexity index is 276. The lowest BCUT2D eigenvalue weighted by Crippen LogP contribution is -2.42. The fourth-order valence-electron chi connectivity index (χ4n) is 4.19. The van der Waals surface area contributed by atoms with Crippen molar-refractivity contribution in [1.29, 1.82) is 0 Å². The van der Waals surface area contributed by atoms with Gasteiger partial charge in [-0.05, 0) is 71.4 Å². The molecule has 1 heterocycles. The van der Waals surface area contributed by atoms with E-state index in [0.29, 0.717) is 0 Å². The van der Waals surface area contributed by atoms with Crippen molar-refractivity contribution in [1.82, 2.24) is 10.2 Å². The van der Waals surface area contributed by atoms with Crippen LogP contribution in [0.3, 0.4) is 0 Å². The first-order chi connectivity index (χ1) is 9.49. The molecule has 0 bridgehead atoms. The summed E-state index contributed by atoms with van der Waals surface area (Å²) in [6, 6.07) is 0.870. The molecule has 1 aliphatic carbocycles. The molecule has 2 aliphatic rings. The molecule has 0 aromatic heterocycles. The van der Waals surface area contributed by atoms with Gasteiger partial charge in [0.25, 0.3) is 0 Å². The van der Waals surface area contributed by atoms with Gasteiger partial charge in [0.1, 0.15) is 0 Å². The molecule has 1 N–H and O–H groups in total. The van der Waals surface area contributed by atoms with E-state index >= 15 is 0 Å². The average Bonchev–Trinajstić information content (AvgIpc) is 2.87. The van der Waals surface area contributed by atoms with E-state index < -0.39 is 0 Å². The largest absolute Gasteiger partial charge is 0.312 e. The molecule has 118 valence electrons. The summed E-state index contributed by atoms with van der Waals surface area (Å²) in [5.74, 6) is 1.86. The van der Waals surface area contributed by atoms with Gasteiger partial charge in [-0.3, -0.25) is 4.90 Å². The Morgan fingerprint density at radius 1 is 1.10 bits per heavy atom. The lowest BCUT2D eigenvalue weighted by atomic mass is 9.82. The third-order valence-electron chi connectivity index (χ3n) is 5.32. The van der Waals surface area contributed by atoms with Crippen molar-refractivity contribution < 1.29 is 0 Å². The molecule has 1 saturated carbocycles. The average molecular weight is 281 g/mol. The van der Waals surface area contributed by atoms with Gasteiger partial charge in [-0.25, -0.2) is 0 Å². The Balaban J connectivity index is 1.80. The van der Waals surface area contributed by atoms with Crippen LogP contribution in [0.1, 0.15) is 72.6 Å². The van der Waals surface area contributed by atoms with Crippen LogP contribution in [0.5, 0.6) is 0 Å². The second-order valence-corrected chi connectivity index (χ2v) is 8.15. The Morgan fingerprint density at radius 3 is 2.40 bits per heavy atom. The molecule has 0 aromatic rings. The number of hydrogen-bond donors (Lipinski definition) is 1. The Hall–Kier alpha value is -0.0800. The highest BCUT2D eigenvalue weighted by Gasteiger charge is 2.32. The molecule has 20 heavy (non-hydrogen) atoms. The zero-order valence-electron chi connectivity index (χ0n) is 14.3. The fraction of sp³-hybridized carbons (Fsp3) is 1.00. The highest BCUT2D eigenvalue weighted by molar-refractivity contribution is 4.87. The zero-order chi connectivity index (χ0) is 14.6. The molecule has 2 heteroatoms. The van der Waals surface area contributed by atoms with Crippen molar-refractivity contribution in [3.05, 3.63) is 0 Å². The molecular formula is C18H36N2. The van der Waals surface area contributed by atoms with E-state index in [1.807, 2.05) is 0 Å². The number of nitrogens with zero attached hydrogens (tertiary/aromatic N) is 1. The van der Waals surface area contributed by atoms with Gasteiger partial charge in [0.15, 0.2) is 0 Å². The van der Waals surface area contributed by atoms with Crippen LogP contribution < -0.4 is 5.32 Å². The van der Waals surface area contributed by atoms with Gasteiger partial charge in [-0.15, -0.1) is 0 Å². The van der Waals surface area contributed by atoms with E-state index in [0.717, 1.165) is 17.9 Å². The quantitative estimate of drug-likeness (QED) is 0.817. The minimum atomic E-state index is 0.265. The van der Waals surface area contributed by atoms with Crippen LogP contribution in [0.25, 0.3) is 0 Å². The lowest BCUT2D eigenvalue weighted by Gasteiger charge is -2.36. The molecule has 0 aromatic carbocycles. The van der Waals surface area contributed by atoms with Crippen LogP contribution in [0.2, 0.25) is 0 Å². The third kappa shape index (κ3) is 4.73. The van der Waals surface area contributed by atoms with Crippen molar-refractivity contribution in [2.45, 2.75) is 84.2 Å². The van der Waals surface area contributed by atoms with Crippen molar-refractivity contribution in [2.24, 2.45) is 11.8 Å². The van der Waals surface area contributed by atoms with Gasteiger partial charge in [0.2, 0.25) is 0 Å². The predicted molar refractivity (Wildman–Crippen MR) is 88.1 cm³/mol. The van der Waals surface area contributed by atoms with E-state index in [1.165, 1.54) is 64.6 Å². The van der Waals surface area contributed by atoms with Gasteiger partial charge < -0.3 is 5.32 Å². The summed E-state index contributed by atoms with van der Waals surface area (Å²) in [5, 5.41) is 3.69. The molecule has 1 saturated heterocycles. The first-order valence-corrected chi connectivity index (χ1v) is 8.98. The van der Waals surface area contributed by atoms with Crippen molar-refractivity contribution in [2.75, 3.05) is 19.6 Å². The van der Waals surface area contributed by atoms with Crippen molar-refractivity contribution in [3.63, 3.8) is 0 Å². The number of likely N-dealkylation sites (tertiary alicyclic amines) is 1. The summed E-state index contributed by atoms with van der Waals surface area (Å²) in [6.45, 7) is 13.1. The van der Waals surface area contributed by atoms with Gasteiger partial charge >= 0.3 is 0 Å². The van der Waals surface area contributed by atoms with E-state index in [-0.39, 0.29) is 5.54 Å². The number of hydrogen-bond acceptors (Lipinski definition) is 2. The van der Waals surface area contributed by atoms with Gasteiger partial charge in [0, 0.05) is 18.1 Å². The first-order valence-electron chi connectivity index (χ1n) is 8.98. The molecule has 0 amide bonds. The normalized spacial score (nSPS) is 27.9. The van der Waals surface area contributed by atoms with Crippen LogP contribution in [0.15, 0.2) is 0 Å². The third-order valence-corrected chi connectivity index (χ3v) is 5.32. The standard InChI is InChI=1S/C18H36N2/c1-5-17(16-9-7-6-8-10-16)20-12-11-15(14-20)13-19-18(2,3)4/h15-17,19H,5-14H2,1-4H3. The fourth-order valence-corrected chi connectivity index (χ4v) is 4.19. The minimum absolute atomic E-state index is 0.265. The van der Waals surface area contributed by atoms with Gasteiger partial charge in [0.05, 0.1) is 0 Å². The minimum Gasteiger partial charge on any atom is -0.312 e. The topological polar surface area (TPSA) is 15.3 Å². The highest BCUT2D eigenvalue weighted by Crippen LogP contribution is 2.33. The van der Waals surface area contributed by atoms with Crippen LogP contribution in [-0.2, 0) is 0 Å². The Kier molecular flexibility index (Phi) is 5.92. The smallest absolute Gasteiger partial charge is 0.0121 e. The summed E-state index contributed by atoms with van der Waals surface area (Å²) in [4.78, 5) is 2.82. The lowest BCUT2D eigenvalue weighted by molar-refractivity contribution is 0.133. The maximum Gasteiger partial charge on any atom is 0.0121 e. The molecule has 2 fully saturated rings. The SMILES string of the molecule is CCC(C1CCCCC1)N1CCC(CNC(C)(C)C)C1. The molecule has 2 unspecified atom stereocenters. The first kappa shape index (κ1) is 16.3. The van der Waals surface area contributed by atoms with Crippen LogP contribution in [0.4, 0.5) is 0 Å². The summed E-state index contributed by atoms with van der Waals surface area (Å²) >= 11 is 0. The molecule has 1 aliphatic heterocycles. The van der Waals surface area contributed by atoms with E-state index in [1.54, 1.807) is 0 Å². The number of nitrogens with one attached hydrogen (secondary N) is 1. The van der Waals surface area contributed by atoms with Crippen LogP contribution in [0, 0.1) is 11.8 Å². The summed E-state index contributed by atoms with van der Waals surface area (Å²) in [7, 11) is 0. The van der Waals surface area contributed by atoms with E-state index in [2.05, 4.69) is 37.9 Å². The second-order valence-electron chi connectivity index (χ2n) is 8.15. The van der Waals surface area contributed by atoms with E-state index in [4.69, 9.17) is 0 Å². The molecule has 0 radical (unpaired) electrons. The molecule has 2 rings (SSSR count). The summed E-state index contributed by atoms with van der Waals surface area (Å²) in [6.07, 6.45) is 10.1. The van der Waals surface area contributed by atoms with Crippen molar-refractivity contribution >= 4 is 0 Å². The maximum atomic E-state index is 3.69. The maximum absolute atomic E-state index is 3.69. The van der Waals surface area contributed by atoms with E-state index in [9.17, 15) is 0 Å².